The fourth-order valence-electron chi connectivity index (χ4n) is 3.69. The third-order valence-corrected chi connectivity index (χ3v) is 5.22. The number of hydrogen-bond donors (Lipinski definition) is 2. The van der Waals surface area contributed by atoms with Crippen molar-refractivity contribution in [3.8, 4) is 0 Å². The Morgan fingerprint density at radius 1 is 1.10 bits per heavy atom. The van der Waals surface area contributed by atoms with E-state index in [1.54, 1.807) is 6.92 Å². The number of carbonyl (C=O) groups is 1. The number of carbonyl (C=O) groups excluding carboxylic acids is 1. The SMILES string of the molecule is CC1=C(C(=O)Nc2ccc(C)cc2C)[C@@H](c2ccc(C(F)(F)F)cc2)n2ncnc2N1. The van der Waals surface area contributed by atoms with E-state index < -0.39 is 17.8 Å². The van der Waals surface area contributed by atoms with E-state index >= 15 is 0 Å². The number of halogens is 3. The molecule has 1 aromatic heterocycles. The van der Waals surface area contributed by atoms with Crippen molar-refractivity contribution >= 4 is 17.5 Å². The summed E-state index contributed by atoms with van der Waals surface area (Å²) in [5, 5.41) is 10.2. The Balaban J connectivity index is 1.75. The highest BCUT2D eigenvalue weighted by Crippen LogP contribution is 2.37. The van der Waals surface area contributed by atoms with Gasteiger partial charge in [-0.1, -0.05) is 29.8 Å². The lowest BCUT2D eigenvalue weighted by molar-refractivity contribution is -0.137. The predicted molar refractivity (Wildman–Crippen MR) is 110 cm³/mol. The Bertz CT molecular complexity index is 1180. The summed E-state index contributed by atoms with van der Waals surface area (Å²) in [7, 11) is 0. The third kappa shape index (κ3) is 3.90. The number of aryl methyl sites for hydroxylation is 2. The van der Waals surface area contributed by atoms with Gasteiger partial charge in [0.1, 0.15) is 12.4 Å². The number of aromatic nitrogens is 3. The van der Waals surface area contributed by atoms with Gasteiger partial charge in [-0.3, -0.25) is 4.79 Å². The van der Waals surface area contributed by atoms with Crippen LogP contribution >= 0.6 is 0 Å². The van der Waals surface area contributed by atoms with E-state index in [2.05, 4.69) is 20.7 Å². The first-order valence-electron chi connectivity index (χ1n) is 9.58. The highest BCUT2D eigenvalue weighted by molar-refractivity contribution is 6.06. The van der Waals surface area contributed by atoms with Gasteiger partial charge in [-0.25, -0.2) is 4.68 Å². The molecule has 1 aliphatic heterocycles. The molecule has 0 aliphatic carbocycles. The van der Waals surface area contributed by atoms with Gasteiger partial charge < -0.3 is 10.6 Å². The van der Waals surface area contributed by atoms with Crippen LogP contribution in [-0.4, -0.2) is 20.7 Å². The summed E-state index contributed by atoms with van der Waals surface area (Å²) >= 11 is 0. The van der Waals surface area contributed by atoms with E-state index in [0.717, 1.165) is 23.3 Å². The first-order valence-corrected chi connectivity index (χ1v) is 9.58. The first kappa shape index (κ1) is 20.6. The van der Waals surface area contributed by atoms with Gasteiger partial charge in [0, 0.05) is 11.4 Å². The topological polar surface area (TPSA) is 71.8 Å². The lowest BCUT2D eigenvalue weighted by atomic mass is 9.94. The molecular formula is C22H20F3N5O. The molecule has 1 amide bonds. The minimum Gasteiger partial charge on any atom is -0.328 e. The minimum atomic E-state index is -4.44. The zero-order chi connectivity index (χ0) is 22.3. The number of nitrogens with zero attached hydrogens (tertiary/aromatic N) is 3. The van der Waals surface area contributed by atoms with Gasteiger partial charge in [0.15, 0.2) is 0 Å². The van der Waals surface area contributed by atoms with Crippen LogP contribution in [0.25, 0.3) is 0 Å². The van der Waals surface area contributed by atoms with E-state index in [0.29, 0.717) is 28.5 Å². The van der Waals surface area contributed by atoms with Crippen LogP contribution in [0.15, 0.2) is 60.1 Å². The van der Waals surface area contributed by atoms with Crippen LogP contribution in [-0.2, 0) is 11.0 Å². The molecule has 6 nitrogen and oxygen atoms in total. The molecule has 2 N–H and O–H groups in total. The van der Waals surface area contributed by atoms with Crippen molar-refractivity contribution in [2.75, 3.05) is 10.6 Å². The molecule has 1 aliphatic rings. The van der Waals surface area contributed by atoms with Crippen molar-refractivity contribution in [1.82, 2.24) is 14.8 Å². The largest absolute Gasteiger partial charge is 0.416 e. The van der Waals surface area contributed by atoms with Gasteiger partial charge in [0.25, 0.3) is 5.91 Å². The van der Waals surface area contributed by atoms with Crippen molar-refractivity contribution in [2.45, 2.75) is 33.0 Å². The van der Waals surface area contributed by atoms with E-state index in [1.165, 1.54) is 23.1 Å². The molecule has 160 valence electrons. The average molecular weight is 427 g/mol. The number of amides is 1. The van der Waals surface area contributed by atoms with Gasteiger partial charge in [0.2, 0.25) is 5.95 Å². The second-order valence-corrected chi connectivity index (χ2v) is 7.49. The van der Waals surface area contributed by atoms with E-state index in [4.69, 9.17) is 0 Å². The number of alkyl halides is 3. The molecule has 0 bridgehead atoms. The van der Waals surface area contributed by atoms with Crippen LogP contribution in [0.2, 0.25) is 0 Å². The second-order valence-electron chi connectivity index (χ2n) is 7.49. The zero-order valence-electron chi connectivity index (χ0n) is 17.1. The molecule has 2 heterocycles. The summed E-state index contributed by atoms with van der Waals surface area (Å²) in [6, 6.07) is 9.68. The van der Waals surface area contributed by atoms with E-state index in [-0.39, 0.29) is 5.91 Å². The van der Waals surface area contributed by atoms with Crippen LogP contribution in [0.3, 0.4) is 0 Å². The smallest absolute Gasteiger partial charge is 0.328 e. The number of benzene rings is 2. The summed E-state index contributed by atoms with van der Waals surface area (Å²) in [5.74, 6) is 0.0356. The Morgan fingerprint density at radius 3 is 2.45 bits per heavy atom. The van der Waals surface area contributed by atoms with Crippen molar-refractivity contribution in [3.05, 3.63) is 82.3 Å². The van der Waals surface area contributed by atoms with Crippen molar-refractivity contribution < 1.29 is 18.0 Å². The number of fused-ring (bicyclic) bond motifs is 1. The maximum Gasteiger partial charge on any atom is 0.416 e. The molecule has 9 heteroatoms. The number of allylic oxidation sites excluding steroid dienone is 1. The Hall–Kier alpha value is -3.62. The molecular weight excluding hydrogens is 407 g/mol. The van der Waals surface area contributed by atoms with Crippen LogP contribution < -0.4 is 10.6 Å². The van der Waals surface area contributed by atoms with Crippen LogP contribution in [0.1, 0.15) is 35.2 Å². The predicted octanol–water partition coefficient (Wildman–Crippen LogP) is 4.84. The summed E-state index contributed by atoms with van der Waals surface area (Å²) in [5.41, 5.74) is 3.26. The maximum absolute atomic E-state index is 13.3. The van der Waals surface area contributed by atoms with Gasteiger partial charge in [-0.15, -0.1) is 0 Å². The lowest BCUT2D eigenvalue weighted by Gasteiger charge is -2.29. The van der Waals surface area contributed by atoms with E-state index in [9.17, 15) is 18.0 Å². The quantitative estimate of drug-likeness (QED) is 0.627. The van der Waals surface area contributed by atoms with Gasteiger partial charge in [-0.2, -0.15) is 23.3 Å². The normalized spacial score (nSPS) is 16.0. The van der Waals surface area contributed by atoms with Gasteiger partial charge in [0.05, 0.1) is 11.1 Å². The van der Waals surface area contributed by atoms with Crippen LogP contribution in [0.5, 0.6) is 0 Å². The molecule has 2 aromatic carbocycles. The zero-order valence-corrected chi connectivity index (χ0v) is 17.1. The van der Waals surface area contributed by atoms with E-state index in [1.807, 2.05) is 32.0 Å². The highest BCUT2D eigenvalue weighted by Gasteiger charge is 2.35. The summed E-state index contributed by atoms with van der Waals surface area (Å²) in [6.45, 7) is 5.58. The molecule has 0 saturated heterocycles. The molecule has 0 spiro atoms. The molecule has 0 fully saturated rings. The number of rotatable bonds is 3. The molecule has 0 saturated carbocycles. The van der Waals surface area contributed by atoms with Crippen LogP contribution in [0.4, 0.5) is 24.8 Å². The molecule has 4 rings (SSSR count). The van der Waals surface area contributed by atoms with Gasteiger partial charge >= 0.3 is 6.18 Å². The molecule has 0 unspecified atom stereocenters. The molecule has 3 aromatic rings. The highest BCUT2D eigenvalue weighted by atomic mass is 19.4. The van der Waals surface area contributed by atoms with Crippen molar-refractivity contribution in [1.29, 1.82) is 0 Å². The number of nitrogens with one attached hydrogen (secondary N) is 2. The Morgan fingerprint density at radius 2 is 1.81 bits per heavy atom. The number of hydrogen-bond acceptors (Lipinski definition) is 4. The maximum atomic E-state index is 13.3. The summed E-state index contributed by atoms with van der Waals surface area (Å²) in [6.07, 6.45) is -3.11. The van der Waals surface area contributed by atoms with Crippen molar-refractivity contribution in [2.24, 2.45) is 0 Å². The third-order valence-electron chi connectivity index (χ3n) is 5.22. The second kappa shape index (κ2) is 7.57. The van der Waals surface area contributed by atoms with Crippen LogP contribution in [0, 0.1) is 13.8 Å². The Kier molecular flexibility index (Phi) is 5.04. The van der Waals surface area contributed by atoms with Gasteiger partial charge in [-0.05, 0) is 50.1 Å². The summed E-state index contributed by atoms with van der Waals surface area (Å²) in [4.78, 5) is 17.4. The molecule has 1 atom stereocenters. The standard InChI is InChI=1S/C22H20F3N5O/c1-12-4-9-17(13(2)10-12)29-20(31)18-14(3)28-21-26-11-27-30(21)19(18)15-5-7-16(8-6-15)22(23,24)25/h4-11,19H,1-3H3,(H,29,31)(H,26,27,28)/t19-/m1/s1. The average Bonchev–Trinajstić information content (AvgIpc) is 3.16. The monoisotopic (exact) mass is 427 g/mol. The lowest BCUT2D eigenvalue weighted by Crippen LogP contribution is -2.31. The summed E-state index contributed by atoms with van der Waals surface area (Å²) < 4.78 is 40.5. The Labute approximate surface area is 176 Å². The minimum absolute atomic E-state index is 0.345. The molecule has 31 heavy (non-hydrogen) atoms. The number of anilines is 2. The molecule has 0 radical (unpaired) electrons. The van der Waals surface area contributed by atoms with Crippen molar-refractivity contribution in [3.63, 3.8) is 0 Å². The first-order chi connectivity index (χ1) is 14.6. The fourth-order valence-corrected chi connectivity index (χ4v) is 3.69. The fraction of sp³-hybridized carbons (Fsp3) is 0.227.